The molecule has 1 heterocycles. The number of rotatable bonds is 4. The van der Waals surface area contributed by atoms with E-state index in [4.69, 9.17) is 0 Å². The molecule has 0 saturated carbocycles. The molecule has 2 amide bonds. The molecule has 2 aromatic rings. The lowest BCUT2D eigenvalue weighted by molar-refractivity contribution is -0.144. The summed E-state index contributed by atoms with van der Waals surface area (Å²) in [5.41, 5.74) is -1.05. The minimum absolute atomic E-state index is 0.343. The summed E-state index contributed by atoms with van der Waals surface area (Å²) >= 11 is 0. The molecule has 0 aliphatic rings. The summed E-state index contributed by atoms with van der Waals surface area (Å²) in [6.45, 7) is 1.43. The molecule has 0 spiro atoms. The number of nitrogens with one attached hydrogen (secondary N) is 2. The summed E-state index contributed by atoms with van der Waals surface area (Å²) in [6, 6.07) is 9.48. The van der Waals surface area contributed by atoms with E-state index < -0.39 is 17.5 Å². The molecule has 0 aliphatic heterocycles. The van der Waals surface area contributed by atoms with Gasteiger partial charge in [-0.05, 0) is 12.5 Å². The molecule has 7 heteroatoms. The summed E-state index contributed by atoms with van der Waals surface area (Å²) in [5, 5.41) is 18.4. The molecule has 7 nitrogen and oxygen atoms in total. The van der Waals surface area contributed by atoms with E-state index in [1.165, 1.54) is 11.6 Å². The SMILES string of the molecule is Cn1ccc(NC(=O)NC(C)(C(=O)O)c2ccccc2)n1. The maximum Gasteiger partial charge on any atom is 0.333 e. The molecule has 0 fully saturated rings. The summed E-state index contributed by atoms with van der Waals surface area (Å²) in [6.07, 6.45) is 1.67. The van der Waals surface area contributed by atoms with Crippen molar-refractivity contribution < 1.29 is 14.7 Å². The number of carbonyl (C=O) groups is 2. The van der Waals surface area contributed by atoms with Crippen molar-refractivity contribution in [1.82, 2.24) is 15.1 Å². The fraction of sp³-hybridized carbons (Fsp3) is 0.214. The van der Waals surface area contributed by atoms with Crippen molar-refractivity contribution in [3.05, 3.63) is 48.2 Å². The largest absolute Gasteiger partial charge is 0.479 e. The second kappa shape index (κ2) is 5.66. The van der Waals surface area contributed by atoms with Gasteiger partial charge in [0.2, 0.25) is 0 Å². The highest BCUT2D eigenvalue weighted by molar-refractivity contribution is 5.93. The van der Waals surface area contributed by atoms with Gasteiger partial charge in [0, 0.05) is 19.3 Å². The molecule has 1 aromatic heterocycles. The summed E-state index contributed by atoms with van der Waals surface area (Å²) in [7, 11) is 1.72. The Morgan fingerprint density at radius 3 is 2.43 bits per heavy atom. The average Bonchev–Trinajstić information content (AvgIpc) is 2.84. The van der Waals surface area contributed by atoms with Gasteiger partial charge in [-0.15, -0.1) is 0 Å². The molecule has 21 heavy (non-hydrogen) atoms. The van der Waals surface area contributed by atoms with Gasteiger partial charge in [0.25, 0.3) is 0 Å². The molecule has 2 rings (SSSR count). The number of urea groups is 1. The fourth-order valence-electron chi connectivity index (χ4n) is 1.88. The van der Waals surface area contributed by atoms with Crippen molar-refractivity contribution in [2.75, 3.05) is 5.32 Å². The minimum atomic E-state index is -1.53. The first-order chi connectivity index (χ1) is 9.91. The number of aliphatic carboxylic acids is 1. The van der Waals surface area contributed by atoms with Crippen LogP contribution in [0.15, 0.2) is 42.6 Å². The Bertz CT molecular complexity index is 653. The van der Waals surface area contributed by atoms with Crippen LogP contribution < -0.4 is 10.6 Å². The van der Waals surface area contributed by atoms with Crippen LogP contribution in [0.1, 0.15) is 12.5 Å². The molecule has 110 valence electrons. The van der Waals surface area contributed by atoms with Gasteiger partial charge in [0.15, 0.2) is 11.4 Å². The Balaban J connectivity index is 2.17. The molecular formula is C14H16N4O3. The number of carbonyl (C=O) groups excluding carboxylic acids is 1. The van der Waals surface area contributed by atoms with Crippen molar-refractivity contribution >= 4 is 17.8 Å². The van der Waals surface area contributed by atoms with E-state index in [0.29, 0.717) is 11.4 Å². The second-order valence-corrected chi connectivity index (χ2v) is 4.75. The van der Waals surface area contributed by atoms with Crippen molar-refractivity contribution in [3.8, 4) is 0 Å². The molecular weight excluding hydrogens is 272 g/mol. The number of amides is 2. The van der Waals surface area contributed by atoms with Gasteiger partial charge in [0.05, 0.1) is 0 Å². The van der Waals surface area contributed by atoms with Gasteiger partial charge in [-0.1, -0.05) is 30.3 Å². The molecule has 1 aromatic carbocycles. The molecule has 1 unspecified atom stereocenters. The van der Waals surface area contributed by atoms with Crippen molar-refractivity contribution in [2.45, 2.75) is 12.5 Å². The van der Waals surface area contributed by atoms with Crippen molar-refractivity contribution in [1.29, 1.82) is 0 Å². The summed E-state index contributed by atoms with van der Waals surface area (Å²) in [4.78, 5) is 23.5. The van der Waals surface area contributed by atoms with Crippen molar-refractivity contribution in [3.63, 3.8) is 0 Å². The topological polar surface area (TPSA) is 96.2 Å². The number of carboxylic acid groups (broad SMARTS) is 1. The number of carboxylic acids is 1. The Morgan fingerprint density at radius 2 is 1.90 bits per heavy atom. The first kappa shape index (κ1) is 14.6. The third-order valence-corrected chi connectivity index (χ3v) is 3.10. The number of aromatic nitrogens is 2. The van der Waals surface area contributed by atoms with Crippen LogP contribution in [0.4, 0.5) is 10.6 Å². The molecule has 0 bridgehead atoms. The highest BCUT2D eigenvalue weighted by atomic mass is 16.4. The number of anilines is 1. The standard InChI is InChI=1S/C14H16N4O3/c1-14(12(19)20,10-6-4-3-5-7-10)16-13(21)15-11-8-9-18(2)17-11/h3-9H,1-2H3,(H,19,20)(H2,15,16,17,21). The van der Waals surface area contributed by atoms with E-state index in [1.807, 2.05) is 0 Å². The Morgan fingerprint density at radius 1 is 1.24 bits per heavy atom. The van der Waals surface area contributed by atoms with Crippen LogP contribution in [0.3, 0.4) is 0 Å². The van der Waals surface area contributed by atoms with E-state index in [0.717, 1.165) is 0 Å². The van der Waals surface area contributed by atoms with Gasteiger partial charge in [-0.25, -0.2) is 9.59 Å². The van der Waals surface area contributed by atoms with Crippen molar-refractivity contribution in [2.24, 2.45) is 7.05 Å². The molecule has 1 atom stereocenters. The van der Waals surface area contributed by atoms with Gasteiger partial charge in [0.1, 0.15) is 0 Å². The van der Waals surface area contributed by atoms with Crippen LogP contribution >= 0.6 is 0 Å². The molecule has 3 N–H and O–H groups in total. The maximum atomic E-state index is 12.0. The van der Waals surface area contributed by atoms with E-state index in [1.54, 1.807) is 49.6 Å². The van der Waals surface area contributed by atoms with Gasteiger partial charge < -0.3 is 10.4 Å². The zero-order chi connectivity index (χ0) is 15.5. The number of aryl methyl sites for hydroxylation is 1. The highest BCUT2D eigenvalue weighted by Crippen LogP contribution is 2.21. The fourth-order valence-corrected chi connectivity index (χ4v) is 1.88. The lowest BCUT2D eigenvalue weighted by Gasteiger charge is -2.26. The van der Waals surface area contributed by atoms with Crippen LogP contribution in [0, 0.1) is 0 Å². The molecule has 0 aliphatic carbocycles. The Kier molecular flexibility index (Phi) is 3.93. The number of hydrogen-bond acceptors (Lipinski definition) is 3. The van der Waals surface area contributed by atoms with Crippen LogP contribution in [0.2, 0.25) is 0 Å². The van der Waals surface area contributed by atoms with E-state index in [-0.39, 0.29) is 0 Å². The monoisotopic (exact) mass is 288 g/mol. The van der Waals surface area contributed by atoms with Gasteiger partial charge in [-0.2, -0.15) is 5.10 Å². The predicted molar refractivity (Wildman–Crippen MR) is 76.8 cm³/mol. The lowest BCUT2D eigenvalue weighted by Crippen LogP contribution is -2.51. The number of benzene rings is 1. The normalized spacial score (nSPS) is 13.2. The number of hydrogen-bond donors (Lipinski definition) is 3. The molecule has 0 saturated heterocycles. The van der Waals surface area contributed by atoms with Crippen LogP contribution in [-0.4, -0.2) is 26.9 Å². The maximum absolute atomic E-state index is 12.0. The first-order valence-corrected chi connectivity index (χ1v) is 6.29. The highest BCUT2D eigenvalue weighted by Gasteiger charge is 2.36. The van der Waals surface area contributed by atoms with E-state index >= 15 is 0 Å². The number of nitrogens with zero attached hydrogens (tertiary/aromatic N) is 2. The second-order valence-electron chi connectivity index (χ2n) is 4.75. The smallest absolute Gasteiger partial charge is 0.333 e. The van der Waals surface area contributed by atoms with Gasteiger partial charge >= 0.3 is 12.0 Å². The van der Waals surface area contributed by atoms with Gasteiger partial charge in [-0.3, -0.25) is 10.00 Å². The lowest BCUT2D eigenvalue weighted by atomic mass is 9.92. The van der Waals surface area contributed by atoms with E-state index in [9.17, 15) is 14.7 Å². The minimum Gasteiger partial charge on any atom is -0.479 e. The quantitative estimate of drug-likeness (QED) is 0.795. The summed E-state index contributed by atoms with van der Waals surface area (Å²) in [5.74, 6) is -0.805. The first-order valence-electron chi connectivity index (χ1n) is 6.29. The third-order valence-electron chi connectivity index (χ3n) is 3.10. The molecule has 0 radical (unpaired) electrons. The zero-order valence-electron chi connectivity index (χ0n) is 11.7. The third kappa shape index (κ3) is 3.19. The van der Waals surface area contributed by atoms with Crippen LogP contribution in [-0.2, 0) is 17.4 Å². The van der Waals surface area contributed by atoms with E-state index in [2.05, 4.69) is 15.7 Å². The predicted octanol–water partition coefficient (Wildman–Crippen LogP) is 1.54. The Hall–Kier alpha value is -2.83. The Labute approximate surface area is 121 Å². The summed E-state index contributed by atoms with van der Waals surface area (Å²) < 4.78 is 1.53. The van der Waals surface area contributed by atoms with Crippen LogP contribution in [0.25, 0.3) is 0 Å². The zero-order valence-corrected chi connectivity index (χ0v) is 11.7. The average molecular weight is 288 g/mol. The van der Waals surface area contributed by atoms with Crippen LogP contribution in [0.5, 0.6) is 0 Å².